The molecule has 0 amide bonds. The minimum atomic E-state index is -0.0222. The Morgan fingerprint density at radius 2 is 1.48 bits per heavy atom. The zero-order valence-electron chi connectivity index (χ0n) is 21.8. The third kappa shape index (κ3) is 4.17. The van der Waals surface area contributed by atoms with Crippen LogP contribution in [0.1, 0.15) is 125 Å². The molecule has 3 unspecified atom stereocenters. The molecule has 10 atom stereocenters. The quantitative estimate of drug-likeness (QED) is 0.429. The van der Waals surface area contributed by atoms with Gasteiger partial charge in [-0.2, -0.15) is 0 Å². The van der Waals surface area contributed by atoms with E-state index in [2.05, 4.69) is 41.5 Å². The van der Waals surface area contributed by atoms with Gasteiger partial charge in [0.25, 0.3) is 0 Å². The van der Waals surface area contributed by atoms with Gasteiger partial charge in [0.05, 0.1) is 6.10 Å². The Kier molecular flexibility index (Phi) is 7.23. The molecule has 4 rings (SSSR count). The number of hydrogen-bond acceptors (Lipinski definition) is 1. The Morgan fingerprint density at radius 3 is 2.19 bits per heavy atom. The Hall–Kier alpha value is -0.0400. The summed E-state index contributed by atoms with van der Waals surface area (Å²) in [6.45, 7) is 15.1. The van der Waals surface area contributed by atoms with Gasteiger partial charge in [-0.05, 0) is 116 Å². The fraction of sp³-hybridized carbons (Fsp3) is 1.00. The summed E-state index contributed by atoms with van der Waals surface area (Å²) >= 11 is 0. The van der Waals surface area contributed by atoms with E-state index in [0.717, 1.165) is 47.8 Å². The highest BCUT2D eigenvalue weighted by molar-refractivity contribution is 5.10. The van der Waals surface area contributed by atoms with E-state index in [9.17, 15) is 5.11 Å². The lowest BCUT2D eigenvalue weighted by Gasteiger charge is -2.63. The first-order valence-corrected chi connectivity index (χ1v) is 14.4. The molecule has 0 saturated heterocycles. The van der Waals surface area contributed by atoms with Crippen LogP contribution >= 0.6 is 0 Å². The molecule has 4 aliphatic rings. The smallest absolute Gasteiger partial charge is 0.0571 e. The fourth-order valence-corrected chi connectivity index (χ4v) is 10.3. The van der Waals surface area contributed by atoms with Crippen LogP contribution in [0.2, 0.25) is 0 Å². The molecule has 0 aliphatic heterocycles. The van der Waals surface area contributed by atoms with Gasteiger partial charge in [0.15, 0.2) is 0 Å². The van der Waals surface area contributed by atoms with Crippen molar-refractivity contribution in [2.45, 2.75) is 131 Å². The molecule has 0 aromatic rings. The lowest BCUT2D eigenvalue weighted by molar-refractivity contribution is -0.153. The summed E-state index contributed by atoms with van der Waals surface area (Å²) in [6.07, 6.45) is 18.0. The predicted octanol–water partition coefficient (Wildman–Crippen LogP) is 8.49. The summed E-state index contributed by atoms with van der Waals surface area (Å²) in [7, 11) is 0. The summed E-state index contributed by atoms with van der Waals surface area (Å²) in [5.41, 5.74) is 1.11. The first-order chi connectivity index (χ1) is 14.7. The second-order valence-electron chi connectivity index (χ2n) is 13.7. The number of hydrogen-bond donors (Lipinski definition) is 1. The Morgan fingerprint density at radius 1 is 0.806 bits per heavy atom. The van der Waals surface area contributed by atoms with Crippen molar-refractivity contribution in [3.63, 3.8) is 0 Å². The molecule has 0 bridgehead atoms. The van der Waals surface area contributed by atoms with Crippen molar-refractivity contribution in [3.8, 4) is 0 Å². The second-order valence-corrected chi connectivity index (χ2v) is 13.7. The maximum atomic E-state index is 10.8. The second kappa shape index (κ2) is 9.31. The molecule has 0 aromatic carbocycles. The van der Waals surface area contributed by atoms with E-state index in [1.165, 1.54) is 77.0 Å². The van der Waals surface area contributed by atoms with E-state index in [-0.39, 0.29) is 6.10 Å². The van der Waals surface area contributed by atoms with Crippen molar-refractivity contribution in [1.29, 1.82) is 0 Å². The van der Waals surface area contributed by atoms with Gasteiger partial charge in [-0.25, -0.2) is 0 Å². The van der Waals surface area contributed by atoms with Crippen molar-refractivity contribution in [2.24, 2.45) is 58.2 Å². The normalized spacial score (nSPS) is 48.2. The van der Waals surface area contributed by atoms with Crippen molar-refractivity contribution in [3.05, 3.63) is 0 Å². The molecule has 1 N–H and O–H groups in total. The van der Waals surface area contributed by atoms with E-state index in [4.69, 9.17) is 0 Å². The summed E-state index contributed by atoms with van der Waals surface area (Å²) in [5.74, 6) is 7.00. The summed E-state index contributed by atoms with van der Waals surface area (Å²) in [5, 5.41) is 10.8. The van der Waals surface area contributed by atoms with Gasteiger partial charge < -0.3 is 5.11 Å². The molecular formula is C30H54O. The number of aliphatic hydroxyl groups excluding tert-OH is 1. The number of rotatable bonds is 7. The first-order valence-electron chi connectivity index (χ1n) is 14.4. The van der Waals surface area contributed by atoms with Gasteiger partial charge in [0.1, 0.15) is 0 Å². The van der Waals surface area contributed by atoms with Gasteiger partial charge in [0.2, 0.25) is 0 Å². The average Bonchev–Trinajstić information content (AvgIpc) is 3.07. The van der Waals surface area contributed by atoms with Crippen molar-refractivity contribution in [1.82, 2.24) is 0 Å². The van der Waals surface area contributed by atoms with E-state index >= 15 is 0 Å². The predicted molar refractivity (Wildman–Crippen MR) is 133 cm³/mol. The van der Waals surface area contributed by atoms with E-state index in [1.54, 1.807) is 0 Å². The molecule has 4 saturated carbocycles. The molecule has 1 nitrogen and oxygen atoms in total. The fourth-order valence-electron chi connectivity index (χ4n) is 10.3. The topological polar surface area (TPSA) is 20.2 Å². The zero-order valence-corrected chi connectivity index (χ0v) is 21.8. The summed E-state index contributed by atoms with van der Waals surface area (Å²) < 4.78 is 0. The molecular weight excluding hydrogens is 376 g/mol. The SMILES string of the molecule is CCCC1C(O)CC[C@@]2(C)C1CC[C@H]1[C@@H]3CC[C@H]([C@H](C)CCCC(C)C)[C@@]3(C)CC[C@@H]12. The van der Waals surface area contributed by atoms with Crippen LogP contribution < -0.4 is 0 Å². The van der Waals surface area contributed by atoms with Gasteiger partial charge in [-0.3, -0.25) is 0 Å². The maximum Gasteiger partial charge on any atom is 0.0571 e. The third-order valence-corrected chi connectivity index (χ3v) is 11.8. The average molecular weight is 431 g/mol. The third-order valence-electron chi connectivity index (χ3n) is 11.8. The largest absolute Gasteiger partial charge is 0.393 e. The maximum absolute atomic E-state index is 10.8. The molecule has 0 radical (unpaired) electrons. The Balaban J connectivity index is 1.48. The highest BCUT2D eigenvalue weighted by atomic mass is 16.3. The highest BCUT2D eigenvalue weighted by Gasteiger charge is 2.61. The molecule has 1 heteroatoms. The lowest BCUT2D eigenvalue weighted by Crippen LogP contribution is -2.56. The minimum absolute atomic E-state index is 0.0222. The van der Waals surface area contributed by atoms with Gasteiger partial charge in [-0.15, -0.1) is 0 Å². The van der Waals surface area contributed by atoms with Crippen LogP contribution in [-0.2, 0) is 0 Å². The van der Waals surface area contributed by atoms with Crippen LogP contribution in [0.25, 0.3) is 0 Å². The number of fused-ring (bicyclic) bond motifs is 5. The Labute approximate surface area is 194 Å². The molecule has 0 heterocycles. The standard InChI is InChI=1S/C30H54O/c1-7-9-23-26-13-12-22-25-15-14-24(21(4)11-8-10-20(2)3)29(25,5)18-16-27(22)30(26,6)19-17-28(23)31/h20-28,31H,7-19H2,1-6H3/t21-,22+,23?,24-,25+,26?,27+,28?,29-,30+/m1/s1. The minimum Gasteiger partial charge on any atom is -0.393 e. The summed E-state index contributed by atoms with van der Waals surface area (Å²) in [4.78, 5) is 0. The molecule has 4 aliphatic carbocycles. The van der Waals surface area contributed by atoms with Crippen LogP contribution in [-0.4, -0.2) is 11.2 Å². The molecule has 31 heavy (non-hydrogen) atoms. The van der Waals surface area contributed by atoms with E-state index in [1.807, 2.05) is 0 Å². The van der Waals surface area contributed by atoms with Gasteiger partial charge >= 0.3 is 0 Å². The highest BCUT2D eigenvalue weighted by Crippen LogP contribution is 2.69. The van der Waals surface area contributed by atoms with E-state index < -0.39 is 0 Å². The van der Waals surface area contributed by atoms with Crippen molar-refractivity contribution >= 4 is 0 Å². The Bertz CT molecular complexity index is 597. The molecule has 0 spiro atoms. The van der Waals surface area contributed by atoms with Crippen LogP contribution in [0.4, 0.5) is 0 Å². The van der Waals surface area contributed by atoms with Gasteiger partial charge in [-0.1, -0.05) is 67.2 Å². The lowest BCUT2D eigenvalue weighted by atomic mass is 9.42. The zero-order chi connectivity index (χ0) is 22.4. The summed E-state index contributed by atoms with van der Waals surface area (Å²) in [6, 6.07) is 0. The number of aliphatic hydroxyl groups is 1. The van der Waals surface area contributed by atoms with Crippen LogP contribution in [0.3, 0.4) is 0 Å². The van der Waals surface area contributed by atoms with Crippen molar-refractivity contribution in [2.75, 3.05) is 0 Å². The van der Waals surface area contributed by atoms with Crippen LogP contribution in [0, 0.1) is 58.2 Å². The van der Waals surface area contributed by atoms with Crippen molar-refractivity contribution < 1.29 is 5.11 Å². The molecule has 4 fully saturated rings. The molecule has 180 valence electrons. The van der Waals surface area contributed by atoms with E-state index in [0.29, 0.717) is 16.7 Å². The first kappa shape index (κ1) is 24.1. The monoisotopic (exact) mass is 430 g/mol. The molecule has 0 aromatic heterocycles. The van der Waals surface area contributed by atoms with Crippen LogP contribution in [0.5, 0.6) is 0 Å². The van der Waals surface area contributed by atoms with Crippen LogP contribution in [0.15, 0.2) is 0 Å². The van der Waals surface area contributed by atoms with Gasteiger partial charge in [0, 0.05) is 0 Å².